The first-order valence-corrected chi connectivity index (χ1v) is 6.50. The summed E-state index contributed by atoms with van der Waals surface area (Å²) in [7, 11) is 0. The van der Waals surface area contributed by atoms with Crippen molar-refractivity contribution in [1.82, 2.24) is 9.88 Å². The van der Waals surface area contributed by atoms with Gasteiger partial charge in [-0.2, -0.15) is 0 Å². The van der Waals surface area contributed by atoms with Gasteiger partial charge in [0.15, 0.2) is 5.76 Å². The minimum atomic E-state index is -0.511. The van der Waals surface area contributed by atoms with E-state index in [0.29, 0.717) is 5.76 Å². The number of nitrogens with one attached hydrogen (secondary N) is 1. The third-order valence-corrected chi connectivity index (χ3v) is 2.95. The number of aliphatic hydroxyl groups is 1. The van der Waals surface area contributed by atoms with E-state index in [1.165, 1.54) is 16.7 Å². The van der Waals surface area contributed by atoms with Crippen LogP contribution in [0.2, 0.25) is 0 Å². The Morgan fingerprint density at radius 3 is 2.86 bits per heavy atom. The van der Waals surface area contributed by atoms with Crippen molar-refractivity contribution in [3.8, 4) is 0 Å². The summed E-state index contributed by atoms with van der Waals surface area (Å²) in [4.78, 5) is 23.5. The van der Waals surface area contributed by atoms with E-state index >= 15 is 0 Å². The Bertz CT molecular complexity index is 658. The fraction of sp³-hybridized carbons (Fsp3) is 0.286. The van der Waals surface area contributed by atoms with Crippen LogP contribution in [0.1, 0.15) is 16.3 Å². The van der Waals surface area contributed by atoms with Crippen molar-refractivity contribution in [2.75, 3.05) is 13.2 Å². The molecule has 7 nitrogen and oxygen atoms in total. The van der Waals surface area contributed by atoms with Crippen LogP contribution in [-0.2, 0) is 6.54 Å². The molecule has 0 saturated heterocycles. The topological polar surface area (TPSA) is 110 Å². The zero-order valence-corrected chi connectivity index (χ0v) is 11.4. The Hall–Kier alpha value is -2.38. The van der Waals surface area contributed by atoms with Gasteiger partial charge < -0.3 is 25.1 Å². The number of rotatable bonds is 6. The number of amides is 1. The van der Waals surface area contributed by atoms with Gasteiger partial charge in [-0.3, -0.25) is 9.59 Å². The number of carbonyl (C=O) groups excluding carboxylic acids is 1. The highest BCUT2D eigenvalue weighted by atomic mass is 16.4. The van der Waals surface area contributed by atoms with Crippen LogP contribution >= 0.6 is 0 Å². The SMILES string of the molecule is NC[C@H](CO)NC(=O)c1ccc(Cn2ccccc2=O)o1. The summed E-state index contributed by atoms with van der Waals surface area (Å²) >= 11 is 0. The third kappa shape index (κ3) is 3.80. The van der Waals surface area contributed by atoms with Crippen LogP contribution in [0.4, 0.5) is 0 Å². The van der Waals surface area contributed by atoms with Crippen LogP contribution in [0.5, 0.6) is 0 Å². The second-order valence-electron chi connectivity index (χ2n) is 4.52. The van der Waals surface area contributed by atoms with Crippen LogP contribution in [0.25, 0.3) is 0 Å². The first-order valence-electron chi connectivity index (χ1n) is 6.50. The zero-order valence-electron chi connectivity index (χ0n) is 11.4. The van der Waals surface area contributed by atoms with Gasteiger partial charge in [-0.1, -0.05) is 6.07 Å². The Kier molecular flexibility index (Phi) is 4.91. The number of hydrogen-bond acceptors (Lipinski definition) is 5. The van der Waals surface area contributed by atoms with E-state index in [1.54, 1.807) is 24.4 Å². The summed E-state index contributed by atoms with van der Waals surface area (Å²) < 4.78 is 6.87. The lowest BCUT2D eigenvalue weighted by atomic mass is 10.3. The van der Waals surface area contributed by atoms with Gasteiger partial charge in [0.05, 0.1) is 19.2 Å². The van der Waals surface area contributed by atoms with Crippen LogP contribution in [0.15, 0.2) is 45.7 Å². The first kappa shape index (κ1) is 15.0. The zero-order chi connectivity index (χ0) is 15.2. The second-order valence-corrected chi connectivity index (χ2v) is 4.52. The summed E-state index contributed by atoms with van der Waals surface area (Å²) in [6, 6.07) is 7.48. The highest BCUT2D eigenvalue weighted by Crippen LogP contribution is 2.09. The summed E-state index contributed by atoms with van der Waals surface area (Å²) in [5.74, 6) is 0.147. The molecule has 0 saturated carbocycles. The van der Waals surface area contributed by atoms with E-state index < -0.39 is 11.9 Å². The number of nitrogens with zero attached hydrogens (tertiary/aromatic N) is 1. The normalized spacial score (nSPS) is 12.1. The average Bonchev–Trinajstić information content (AvgIpc) is 2.95. The smallest absolute Gasteiger partial charge is 0.287 e. The minimum Gasteiger partial charge on any atom is -0.454 e. The van der Waals surface area contributed by atoms with E-state index in [-0.39, 0.29) is 31.0 Å². The van der Waals surface area contributed by atoms with Crippen LogP contribution < -0.4 is 16.6 Å². The van der Waals surface area contributed by atoms with E-state index in [9.17, 15) is 9.59 Å². The van der Waals surface area contributed by atoms with Gasteiger partial charge >= 0.3 is 0 Å². The van der Waals surface area contributed by atoms with E-state index in [2.05, 4.69) is 5.32 Å². The van der Waals surface area contributed by atoms with Crippen LogP contribution in [0, 0.1) is 0 Å². The van der Waals surface area contributed by atoms with Gasteiger partial charge in [-0.25, -0.2) is 0 Å². The minimum absolute atomic E-state index is 0.112. The van der Waals surface area contributed by atoms with Gasteiger partial charge in [-0.05, 0) is 18.2 Å². The largest absolute Gasteiger partial charge is 0.454 e. The Balaban J connectivity index is 2.06. The molecule has 21 heavy (non-hydrogen) atoms. The molecular formula is C14H17N3O4. The molecule has 0 unspecified atom stereocenters. The second kappa shape index (κ2) is 6.87. The molecule has 2 aromatic rings. The van der Waals surface area contributed by atoms with Crippen molar-refractivity contribution < 1.29 is 14.3 Å². The third-order valence-electron chi connectivity index (χ3n) is 2.95. The van der Waals surface area contributed by atoms with Crippen molar-refractivity contribution in [3.05, 3.63) is 58.4 Å². The van der Waals surface area contributed by atoms with Gasteiger partial charge in [0.25, 0.3) is 11.5 Å². The molecule has 1 amide bonds. The number of carbonyl (C=O) groups is 1. The fourth-order valence-corrected chi connectivity index (χ4v) is 1.78. The Morgan fingerprint density at radius 1 is 1.38 bits per heavy atom. The molecule has 0 aliphatic carbocycles. The van der Waals surface area contributed by atoms with Gasteiger partial charge in [0, 0.05) is 18.8 Å². The van der Waals surface area contributed by atoms with E-state index in [0.717, 1.165) is 0 Å². The number of hydrogen-bond donors (Lipinski definition) is 3. The maximum atomic E-state index is 11.9. The van der Waals surface area contributed by atoms with Crippen molar-refractivity contribution in [1.29, 1.82) is 0 Å². The summed E-state index contributed by atoms with van der Waals surface area (Å²) in [6.07, 6.45) is 1.64. The van der Waals surface area contributed by atoms with E-state index in [1.807, 2.05) is 0 Å². The Morgan fingerprint density at radius 2 is 2.19 bits per heavy atom. The summed E-state index contributed by atoms with van der Waals surface area (Å²) in [5.41, 5.74) is 5.24. The summed E-state index contributed by atoms with van der Waals surface area (Å²) in [6.45, 7) is 0.137. The quantitative estimate of drug-likeness (QED) is 0.667. The number of furan rings is 1. The standard InChI is InChI=1S/C14H17N3O4/c15-7-10(9-18)16-14(20)12-5-4-11(21-12)8-17-6-2-1-3-13(17)19/h1-6,10,18H,7-9,15H2,(H,16,20)/t10-/m1/s1. The molecule has 0 radical (unpaired) electrons. The molecule has 2 heterocycles. The van der Waals surface area contributed by atoms with Gasteiger partial charge in [0.2, 0.25) is 0 Å². The molecule has 0 spiro atoms. The van der Waals surface area contributed by atoms with Gasteiger partial charge in [-0.15, -0.1) is 0 Å². The molecule has 112 valence electrons. The molecule has 0 aliphatic heterocycles. The van der Waals surface area contributed by atoms with E-state index in [4.69, 9.17) is 15.3 Å². The maximum Gasteiger partial charge on any atom is 0.287 e. The van der Waals surface area contributed by atoms with Crippen LogP contribution in [0.3, 0.4) is 0 Å². The molecule has 2 rings (SSSR count). The molecule has 0 bridgehead atoms. The molecule has 0 aromatic carbocycles. The average molecular weight is 291 g/mol. The number of pyridine rings is 1. The number of aromatic nitrogens is 1. The molecular weight excluding hydrogens is 274 g/mol. The Labute approximate surface area is 121 Å². The molecule has 0 fully saturated rings. The lowest BCUT2D eigenvalue weighted by Crippen LogP contribution is -2.42. The fourth-order valence-electron chi connectivity index (χ4n) is 1.78. The van der Waals surface area contributed by atoms with Gasteiger partial charge in [0.1, 0.15) is 5.76 Å². The highest BCUT2D eigenvalue weighted by Gasteiger charge is 2.15. The summed E-state index contributed by atoms with van der Waals surface area (Å²) in [5, 5.41) is 11.5. The molecule has 1 atom stereocenters. The first-order chi connectivity index (χ1) is 10.1. The van der Waals surface area contributed by atoms with Crippen molar-refractivity contribution in [2.24, 2.45) is 5.73 Å². The van der Waals surface area contributed by atoms with Crippen LogP contribution in [-0.4, -0.2) is 34.8 Å². The molecule has 7 heteroatoms. The van der Waals surface area contributed by atoms with Crippen molar-refractivity contribution in [3.63, 3.8) is 0 Å². The maximum absolute atomic E-state index is 11.9. The molecule has 4 N–H and O–H groups in total. The lowest BCUT2D eigenvalue weighted by molar-refractivity contribution is 0.0889. The molecule has 0 aliphatic rings. The predicted molar refractivity (Wildman–Crippen MR) is 75.9 cm³/mol. The number of nitrogens with two attached hydrogens (primary N) is 1. The van der Waals surface area contributed by atoms with Crippen molar-refractivity contribution in [2.45, 2.75) is 12.6 Å². The lowest BCUT2D eigenvalue weighted by Gasteiger charge is -2.12. The number of aliphatic hydroxyl groups excluding tert-OH is 1. The predicted octanol–water partition coefficient (Wildman–Crippen LogP) is -0.461. The monoisotopic (exact) mass is 291 g/mol. The van der Waals surface area contributed by atoms with Crippen molar-refractivity contribution >= 4 is 5.91 Å². The molecule has 2 aromatic heterocycles. The highest BCUT2D eigenvalue weighted by molar-refractivity contribution is 5.91.